The predicted octanol–water partition coefficient (Wildman–Crippen LogP) is 3.05. The fourth-order valence-corrected chi connectivity index (χ4v) is 5.00. The van der Waals surface area contributed by atoms with E-state index in [1.807, 2.05) is 0 Å². The summed E-state index contributed by atoms with van der Waals surface area (Å²) in [6, 6.07) is 5.31. The summed E-state index contributed by atoms with van der Waals surface area (Å²) >= 11 is 0. The lowest BCUT2D eigenvalue weighted by molar-refractivity contribution is -0.137. The zero-order valence-corrected chi connectivity index (χ0v) is 17.2. The monoisotopic (exact) mass is 505 g/mol. The maximum atomic E-state index is 13.0. The van der Waals surface area contributed by atoms with Gasteiger partial charge in [0.05, 0.1) is 28.8 Å². The fraction of sp³-hybridized carbons (Fsp3) is 0.294. The smallest absolute Gasteiger partial charge is 0.391 e. The van der Waals surface area contributed by atoms with E-state index in [9.17, 15) is 48.3 Å². The number of hydrogen-bond donors (Lipinski definition) is 1. The van der Waals surface area contributed by atoms with Crippen LogP contribution >= 0.6 is 0 Å². The molecular formula is C17H13F6NO6S2. The zero-order chi connectivity index (χ0) is 24.1. The second kappa shape index (κ2) is 7.81. The quantitative estimate of drug-likeness (QED) is 0.390. The molecular weight excluding hydrogens is 492 g/mol. The van der Waals surface area contributed by atoms with Crippen LogP contribution in [0.5, 0.6) is 5.75 Å². The number of hydrogen-bond acceptors (Lipinski definition) is 6. The van der Waals surface area contributed by atoms with Crippen LogP contribution in [0.4, 0.5) is 32.0 Å². The molecule has 1 unspecified atom stereocenters. The molecule has 0 bridgehead atoms. The van der Waals surface area contributed by atoms with Crippen LogP contribution in [0.3, 0.4) is 0 Å². The van der Waals surface area contributed by atoms with Crippen LogP contribution in [0, 0.1) is 0 Å². The van der Waals surface area contributed by atoms with Crippen molar-refractivity contribution in [2.24, 2.45) is 0 Å². The minimum atomic E-state index is -6.06. The van der Waals surface area contributed by atoms with Crippen molar-refractivity contribution in [3.05, 3.63) is 53.6 Å². The third-order valence-electron chi connectivity index (χ3n) is 4.40. The summed E-state index contributed by atoms with van der Waals surface area (Å²) in [6.07, 6.45) is -6.28. The number of β-amino-alcohol motifs (C(OH)–C–C–N with tert-alkyl or cyclic N) is 1. The van der Waals surface area contributed by atoms with E-state index in [-0.39, 0.29) is 17.7 Å². The number of halogens is 6. The lowest BCUT2D eigenvalue weighted by Gasteiger charge is -2.33. The number of benzene rings is 2. The molecule has 0 amide bonds. The Morgan fingerprint density at radius 2 is 1.62 bits per heavy atom. The molecule has 1 aliphatic rings. The largest absolute Gasteiger partial charge is 0.534 e. The Morgan fingerprint density at radius 1 is 0.969 bits per heavy atom. The van der Waals surface area contributed by atoms with Crippen LogP contribution in [0.1, 0.15) is 11.1 Å². The van der Waals surface area contributed by atoms with Gasteiger partial charge in [0.2, 0.25) is 0 Å². The lowest BCUT2D eigenvalue weighted by atomic mass is 10.0. The van der Waals surface area contributed by atoms with Crippen molar-refractivity contribution in [1.29, 1.82) is 0 Å². The average Bonchev–Trinajstić information content (AvgIpc) is 2.66. The summed E-state index contributed by atoms with van der Waals surface area (Å²) in [5.41, 5.74) is -7.26. The molecule has 1 aliphatic heterocycles. The molecule has 32 heavy (non-hydrogen) atoms. The van der Waals surface area contributed by atoms with Gasteiger partial charge in [0, 0.05) is 12.5 Å². The van der Waals surface area contributed by atoms with E-state index in [1.165, 1.54) is 0 Å². The van der Waals surface area contributed by atoms with Gasteiger partial charge >= 0.3 is 21.8 Å². The predicted molar refractivity (Wildman–Crippen MR) is 97.7 cm³/mol. The molecule has 0 saturated carbocycles. The van der Waals surface area contributed by atoms with E-state index in [1.54, 1.807) is 0 Å². The summed E-state index contributed by atoms with van der Waals surface area (Å²) in [7, 11) is -10.8. The van der Waals surface area contributed by atoms with Gasteiger partial charge in [0.1, 0.15) is 5.75 Å². The summed E-state index contributed by atoms with van der Waals surface area (Å²) in [6.45, 7) is -0.638. The first-order valence-electron chi connectivity index (χ1n) is 8.54. The van der Waals surface area contributed by atoms with E-state index in [4.69, 9.17) is 0 Å². The van der Waals surface area contributed by atoms with E-state index >= 15 is 0 Å². The Kier molecular flexibility index (Phi) is 5.89. The fourth-order valence-electron chi connectivity index (χ4n) is 2.97. The molecule has 0 aliphatic carbocycles. The molecule has 1 atom stereocenters. The number of aliphatic hydroxyl groups excluding tert-OH is 1. The first-order valence-corrected chi connectivity index (χ1v) is 11.4. The molecule has 3 rings (SSSR count). The van der Waals surface area contributed by atoms with Gasteiger partial charge in [-0.2, -0.15) is 34.8 Å². The molecule has 1 N–H and O–H groups in total. The molecule has 2 aromatic carbocycles. The van der Waals surface area contributed by atoms with Crippen LogP contribution in [-0.2, 0) is 32.7 Å². The normalized spacial score (nSPS) is 17.7. The topological polar surface area (TPSA) is 101 Å². The first kappa shape index (κ1) is 24.1. The van der Waals surface area contributed by atoms with Gasteiger partial charge in [-0.15, -0.1) is 0 Å². The Balaban J connectivity index is 2.08. The third kappa shape index (κ3) is 4.63. The van der Waals surface area contributed by atoms with Gasteiger partial charge < -0.3 is 9.29 Å². The number of nitrogens with zero attached hydrogens (tertiary/aromatic N) is 1. The summed E-state index contributed by atoms with van der Waals surface area (Å²) in [5, 5.41) is 10.0. The molecule has 2 aromatic rings. The maximum Gasteiger partial charge on any atom is 0.534 e. The molecule has 15 heteroatoms. The van der Waals surface area contributed by atoms with Gasteiger partial charge in [-0.25, -0.2) is 8.42 Å². The number of anilines is 1. The molecule has 176 valence electrons. The van der Waals surface area contributed by atoms with Gasteiger partial charge in [-0.05, 0) is 29.8 Å². The highest BCUT2D eigenvalue weighted by Crippen LogP contribution is 2.37. The van der Waals surface area contributed by atoms with Crippen LogP contribution in [0.15, 0.2) is 47.4 Å². The minimum Gasteiger partial charge on any atom is -0.391 e. The minimum absolute atomic E-state index is 0.0936. The first-order chi connectivity index (χ1) is 14.5. The summed E-state index contributed by atoms with van der Waals surface area (Å²) in [4.78, 5) is -0.790. The van der Waals surface area contributed by atoms with Crippen molar-refractivity contribution in [1.82, 2.24) is 0 Å². The maximum absolute atomic E-state index is 13.0. The van der Waals surface area contributed by atoms with Gasteiger partial charge in [-0.1, -0.05) is 12.1 Å². The van der Waals surface area contributed by atoms with Crippen LogP contribution in [0.25, 0.3) is 0 Å². The molecule has 0 fully saturated rings. The van der Waals surface area contributed by atoms with Crippen LogP contribution < -0.4 is 8.49 Å². The van der Waals surface area contributed by atoms with Crippen molar-refractivity contribution in [2.45, 2.75) is 29.1 Å². The third-order valence-corrected chi connectivity index (χ3v) is 7.15. The van der Waals surface area contributed by atoms with Crippen molar-refractivity contribution in [2.75, 3.05) is 10.8 Å². The zero-order valence-electron chi connectivity index (χ0n) is 15.6. The Labute approximate surface area is 178 Å². The second-order valence-corrected chi connectivity index (χ2v) is 10.1. The van der Waals surface area contributed by atoms with E-state index in [0.717, 1.165) is 24.3 Å². The molecule has 0 aromatic heterocycles. The van der Waals surface area contributed by atoms with Gasteiger partial charge in [0.25, 0.3) is 10.0 Å². The highest BCUT2D eigenvalue weighted by Gasteiger charge is 2.48. The Hall–Kier alpha value is -2.52. The SMILES string of the molecule is O=S(=O)(c1cccc(C(F)(F)F)c1)N1CC(O)Cc2ccc(OS(=O)(=O)C(F)(F)F)cc21. The summed E-state index contributed by atoms with van der Waals surface area (Å²) < 4.78 is 130. The van der Waals surface area contributed by atoms with E-state index in [2.05, 4.69) is 4.18 Å². The number of rotatable bonds is 4. The molecule has 0 spiro atoms. The molecule has 1 heterocycles. The molecule has 0 radical (unpaired) electrons. The van der Waals surface area contributed by atoms with Crippen molar-refractivity contribution in [3.63, 3.8) is 0 Å². The highest BCUT2D eigenvalue weighted by molar-refractivity contribution is 7.92. The van der Waals surface area contributed by atoms with Crippen molar-refractivity contribution < 1.29 is 52.5 Å². The van der Waals surface area contributed by atoms with Crippen molar-refractivity contribution in [3.8, 4) is 5.75 Å². The van der Waals surface area contributed by atoms with E-state index in [0.29, 0.717) is 22.5 Å². The number of aliphatic hydroxyl groups is 1. The van der Waals surface area contributed by atoms with Crippen LogP contribution in [0.2, 0.25) is 0 Å². The Bertz CT molecular complexity index is 1240. The van der Waals surface area contributed by atoms with E-state index < -0.39 is 60.7 Å². The van der Waals surface area contributed by atoms with Crippen molar-refractivity contribution >= 4 is 25.8 Å². The van der Waals surface area contributed by atoms with Crippen LogP contribution in [-0.4, -0.2) is 40.1 Å². The molecule has 0 saturated heterocycles. The molecule has 7 nitrogen and oxygen atoms in total. The standard InChI is InChI=1S/C17H13F6NO6S2/c18-16(19,20)11-2-1-3-14(7-11)31(26,27)24-9-12(25)6-10-4-5-13(8-15(10)24)30-32(28,29)17(21,22)23/h1-5,7-8,12,25H,6,9H2. The lowest BCUT2D eigenvalue weighted by Crippen LogP contribution is -2.42. The number of alkyl halides is 6. The Morgan fingerprint density at radius 3 is 2.22 bits per heavy atom. The van der Waals surface area contributed by atoms with Gasteiger partial charge in [-0.3, -0.25) is 4.31 Å². The van der Waals surface area contributed by atoms with Gasteiger partial charge in [0.15, 0.2) is 0 Å². The average molecular weight is 505 g/mol. The number of sulfonamides is 1. The number of fused-ring (bicyclic) bond motifs is 1. The highest BCUT2D eigenvalue weighted by atomic mass is 32.2. The summed E-state index contributed by atoms with van der Waals surface area (Å²) in [5.74, 6) is -0.873. The second-order valence-electron chi connectivity index (χ2n) is 6.69.